The molecular formula is C28H27N5O3S. The summed E-state index contributed by atoms with van der Waals surface area (Å²) in [6.45, 7) is 1.93. The van der Waals surface area contributed by atoms with E-state index in [2.05, 4.69) is 20.7 Å². The third kappa shape index (κ3) is 6.65. The Hall–Kier alpha value is -4.37. The number of carbonyl (C=O) groups is 1. The number of aromatic nitrogens is 3. The number of allylic oxidation sites excluding steroid dienone is 1. The van der Waals surface area contributed by atoms with Crippen molar-refractivity contribution in [3.8, 4) is 28.6 Å². The first-order valence-corrected chi connectivity index (χ1v) is 12.5. The molecule has 188 valence electrons. The largest absolute Gasteiger partial charge is 0.493 e. The molecule has 1 heterocycles. The topological polar surface area (TPSA) is 90.6 Å². The predicted molar refractivity (Wildman–Crippen MR) is 147 cm³/mol. The second kappa shape index (κ2) is 12.5. The van der Waals surface area contributed by atoms with Gasteiger partial charge in [-0.25, -0.2) is 5.43 Å². The summed E-state index contributed by atoms with van der Waals surface area (Å²) < 4.78 is 12.7. The van der Waals surface area contributed by atoms with E-state index in [1.54, 1.807) is 20.4 Å². The Labute approximate surface area is 220 Å². The zero-order valence-electron chi connectivity index (χ0n) is 20.8. The normalized spacial score (nSPS) is 11.5. The highest BCUT2D eigenvalue weighted by atomic mass is 32.2. The average molecular weight is 514 g/mol. The van der Waals surface area contributed by atoms with E-state index in [4.69, 9.17) is 9.47 Å². The number of thioether (sulfide) groups is 1. The number of methoxy groups -OCH3 is 2. The fraction of sp³-hybridized carbons (Fsp3) is 0.143. The Kier molecular flexibility index (Phi) is 8.72. The van der Waals surface area contributed by atoms with E-state index in [0.717, 1.165) is 22.4 Å². The van der Waals surface area contributed by atoms with Crippen molar-refractivity contribution in [1.29, 1.82) is 0 Å². The Balaban J connectivity index is 1.50. The van der Waals surface area contributed by atoms with Crippen LogP contribution in [0.25, 0.3) is 23.2 Å². The summed E-state index contributed by atoms with van der Waals surface area (Å²) in [6, 6.07) is 25.2. The van der Waals surface area contributed by atoms with Crippen LogP contribution in [0.5, 0.6) is 11.5 Å². The maximum Gasteiger partial charge on any atom is 0.250 e. The Morgan fingerprint density at radius 2 is 1.68 bits per heavy atom. The molecule has 1 amide bonds. The molecule has 0 spiro atoms. The van der Waals surface area contributed by atoms with Gasteiger partial charge >= 0.3 is 0 Å². The molecule has 0 atom stereocenters. The van der Waals surface area contributed by atoms with Gasteiger partial charge in [-0.15, -0.1) is 10.2 Å². The molecule has 1 N–H and O–H groups in total. The van der Waals surface area contributed by atoms with Crippen LogP contribution in [0.1, 0.15) is 12.5 Å². The number of amides is 1. The molecule has 3 aromatic carbocycles. The molecule has 9 heteroatoms. The van der Waals surface area contributed by atoms with E-state index in [1.165, 1.54) is 11.8 Å². The second-order valence-corrected chi connectivity index (χ2v) is 8.87. The minimum atomic E-state index is -0.246. The van der Waals surface area contributed by atoms with Crippen LogP contribution in [-0.4, -0.2) is 46.9 Å². The Bertz CT molecular complexity index is 1400. The number of rotatable bonds is 10. The number of para-hydroxylation sites is 1. The quantitative estimate of drug-likeness (QED) is 0.177. The zero-order valence-corrected chi connectivity index (χ0v) is 21.6. The van der Waals surface area contributed by atoms with Gasteiger partial charge in [0.25, 0.3) is 5.91 Å². The van der Waals surface area contributed by atoms with Crippen molar-refractivity contribution in [3.05, 3.63) is 90.0 Å². The summed E-state index contributed by atoms with van der Waals surface area (Å²) >= 11 is 1.28. The molecule has 0 bridgehead atoms. The van der Waals surface area contributed by atoms with E-state index in [1.807, 2.05) is 96.4 Å². The highest BCUT2D eigenvalue weighted by molar-refractivity contribution is 7.99. The fourth-order valence-corrected chi connectivity index (χ4v) is 4.30. The smallest absolute Gasteiger partial charge is 0.250 e. The van der Waals surface area contributed by atoms with Crippen LogP contribution < -0.4 is 14.9 Å². The molecule has 1 aromatic heterocycles. The van der Waals surface area contributed by atoms with Crippen molar-refractivity contribution in [2.24, 2.45) is 5.10 Å². The highest BCUT2D eigenvalue weighted by Crippen LogP contribution is 2.34. The number of ether oxygens (including phenoxy) is 2. The summed E-state index contributed by atoms with van der Waals surface area (Å²) in [6.07, 6.45) is 3.61. The van der Waals surface area contributed by atoms with Crippen LogP contribution in [0, 0.1) is 0 Å². The number of carbonyl (C=O) groups excluding carboxylic acids is 1. The van der Waals surface area contributed by atoms with Gasteiger partial charge in [0.2, 0.25) is 0 Å². The van der Waals surface area contributed by atoms with Crippen molar-refractivity contribution in [1.82, 2.24) is 20.2 Å². The van der Waals surface area contributed by atoms with Gasteiger partial charge in [-0.1, -0.05) is 66.4 Å². The van der Waals surface area contributed by atoms with Crippen molar-refractivity contribution < 1.29 is 14.3 Å². The lowest BCUT2D eigenvalue weighted by Crippen LogP contribution is -2.20. The first kappa shape index (κ1) is 25.7. The van der Waals surface area contributed by atoms with Gasteiger partial charge in [0.1, 0.15) is 0 Å². The summed E-state index contributed by atoms with van der Waals surface area (Å²) in [4.78, 5) is 12.5. The summed E-state index contributed by atoms with van der Waals surface area (Å²) in [5.74, 6) is 1.71. The van der Waals surface area contributed by atoms with Gasteiger partial charge in [0, 0.05) is 11.3 Å². The van der Waals surface area contributed by atoms with E-state index in [-0.39, 0.29) is 11.7 Å². The third-order valence-corrected chi connectivity index (χ3v) is 6.20. The van der Waals surface area contributed by atoms with Crippen LogP contribution in [0.4, 0.5) is 0 Å². The highest BCUT2D eigenvalue weighted by Gasteiger charge is 2.18. The summed E-state index contributed by atoms with van der Waals surface area (Å²) in [5.41, 5.74) is 6.24. The standard InChI is InChI=1S/C28H27N5O3S/c1-20(16-21-10-6-4-7-11-21)18-29-30-26(34)19-37-28-32-31-27(33(28)23-12-8-5-9-13-23)22-14-15-24(35-2)25(17-22)36-3/h4-18H,19H2,1-3H3,(H,30,34). The van der Waals surface area contributed by atoms with Gasteiger partial charge in [-0.05, 0) is 48.4 Å². The van der Waals surface area contributed by atoms with Crippen LogP contribution in [-0.2, 0) is 4.79 Å². The van der Waals surface area contributed by atoms with Gasteiger partial charge in [-0.2, -0.15) is 5.10 Å². The third-order valence-electron chi connectivity index (χ3n) is 5.27. The lowest BCUT2D eigenvalue weighted by molar-refractivity contribution is -0.118. The molecule has 0 aliphatic heterocycles. The Morgan fingerprint density at radius 1 is 0.973 bits per heavy atom. The Morgan fingerprint density at radius 3 is 2.38 bits per heavy atom. The van der Waals surface area contributed by atoms with E-state index < -0.39 is 0 Å². The van der Waals surface area contributed by atoms with Gasteiger partial charge in [-0.3, -0.25) is 9.36 Å². The molecule has 0 aliphatic carbocycles. The molecular weight excluding hydrogens is 486 g/mol. The van der Waals surface area contributed by atoms with Gasteiger partial charge in [0.15, 0.2) is 22.5 Å². The molecule has 4 aromatic rings. The van der Waals surface area contributed by atoms with E-state index in [0.29, 0.717) is 22.5 Å². The van der Waals surface area contributed by atoms with Crippen molar-refractivity contribution in [2.75, 3.05) is 20.0 Å². The SMILES string of the molecule is COc1ccc(-c2nnc(SCC(=O)NN=CC(C)=Cc3ccccc3)n2-c2ccccc2)cc1OC. The van der Waals surface area contributed by atoms with E-state index in [9.17, 15) is 4.79 Å². The number of hydrogen-bond acceptors (Lipinski definition) is 7. The molecule has 0 unspecified atom stereocenters. The molecule has 0 fully saturated rings. The van der Waals surface area contributed by atoms with Gasteiger partial charge in [0.05, 0.1) is 26.2 Å². The first-order chi connectivity index (χ1) is 18.1. The molecule has 0 saturated heterocycles. The van der Waals surface area contributed by atoms with Crippen LogP contribution in [0.15, 0.2) is 94.7 Å². The minimum absolute atomic E-state index is 0.121. The van der Waals surface area contributed by atoms with Crippen LogP contribution >= 0.6 is 11.8 Å². The number of benzene rings is 3. The van der Waals surface area contributed by atoms with Crippen molar-refractivity contribution in [3.63, 3.8) is 0 Å². The number of nitrogens with zero attached hydrogens (tertiary/aromatic N) is 4. The monoisotopic (exact) mass is 513 g/mol. The second-order valence-electron chi connectivity index (χ2n) is 7.93. The summed E-state index contributed by atoms with van der Waals surface area (Å²) in [7, 11) is 3.18. The lowest BCUT2D eigenvalue weighted by atomic mass is 10.1. The number of hydrogen-bond donors (Lipinski definition) is 1. The maximum atomic E-state index is 12.5. The zero-order chi connectivity index (χ0) is 26.0. The average Bonchev–Trinajstić information content (AvgIpc) is 3.36. The molecule has 0 radical (unpaired) electrons. The van der Waals surface area contributed by atoms with Crippen molar-refractivity contribution >= 4 is 30.0 Å². The van der Waals surface area contributed by atoms with Gasteiger partial charge < -0.3 is 9.47 Å². The minimum Gasteiger partial charge on any atom is -0.493 e. The van der Waals surface area contributed by atoms with Crippen molar-refractivity contribution in [2.45, 2.75) is 12.1 Å². The molecule has 0 aliphatic rings. The molecule has 4 rings (SSSR count). The van der Waals surface area contributed by atoms with Crippen LogP contribution in [0.2, 0.25) is 0 Å². The maximum absolute atomic E-state index is 12.5. The number of hydrazone groups is 1. The molecule has 8 nitrogen and oxygen atoms in total. The van der Waals surface area contributed by atoms with Crippen LogP contribution in [0.3, 0.4) is 0 Å². The number of nitrogens with one attached hydrogen (secondary N) is 1. The fourth-order valence-electron chi connectivity index (χ4n) is 3.55. The lowest BCUT2D eigenvalue weighted by Gasteiger charge is -2.12. The van der Waals surface area contributed by atoms with E-state index >= 15 is 0 Å². The first-order valence-electron chi connectivity index (χ1n) is 11.5. The summed E-state index contributed by atoms with van der Waals surface area (Å²) in [5, 5.41) is 13.4. The molecule has 37 heavy (non-hydrogen) atoms. The molecule has 0 saturated carbocycles. The predicted octanol–water partition coefficient (Wildman–Crippen LogP) is 5.25.